The lowest BCUT2D eigenvalue weighted by atomic mass is 9.92. The second-order valence-electron chi connectivity index (χ2n) is 10.3. The molecule has 4 aromatic heterocycles. The average molecular weight is 545 g/mol. The van der Waals surface area contributed by atoms with E-state index in [2.05, 4.69) is 31.9 Å². The quantitative estimate of drug-likeness (QED) is 0.353. The van der Waals surface area contributed by atoms with Crippen LogP contribution in [-0.4, -0.2) is 77.4 Å². The van der Waals surface area contributed by atoms with Gasteiger partial charge in [-0.2, -0.15) is 0 Å². The average Bonchev–Trinajstić information content (AvgIpc) is 3.40. The molecule has 39 heavy (non-hydrogen) atoms. The summed E-state index contributed by atoms with van der Waals surface area (Å²) in [6, 6.07) is 11.5. The molecular weight excluding hydrogens is 512 g/mol. The minimum absolute atomic E-state index is 0.0353. The van der Waals surface area contributed by atoms with Crippen molar-refractivity contribution >= 4 is 38.8 Å². The zero-order valence-electron chi connectivity index (χ0n) is 21.9. The molecule has 2 saturated heterocycles. The molecule has 0 bridgehead atoms. The first-order valence-corrected chi connectivity index (χ1v) is 14.1. The molecule has 0 amide bonds. The Morgan fingerprint density at radius 2 is 1.97 bits per heavy atom. The lowest BCUT2D eigenvalue weighted by molar-refractivity contribution is 0.0784. The second-order valence-corrected chi connectivity index (χ2v) is 11.4. The van der Waals surface area contributed by atoms with Crippen molar-refractivity contribution in [2.45, 2.75) is 25.5 Å². The summed E-state index contributed by atoms with van der Waals surface area (Å²) in [5, 5.41) is 10.3. The normalized spacial score (nSPS) is 21.9. The fraction of sp³-hybridized carbons (Fsp3) is 0.379. The lowest BCUT2D eigenvalue weighted by Crippen LogP contribution is -2.55. The van der Waals surface area contributed by atoms with Gasteiger partial charge in [0.25, 0.3) is 0 Å². The number of carbonyl (C=O) groups is 1. The molecule has 6 heterocycles. The van der Waals surface area contributed by atoms with Gasteiger partial charge in [0.05, 0.1) is 29.5 Å². The van der Waals surface area contributed by atoms with Crippen molar-refractivity contribution in [1.29, 1.82) is 0 Å². The van der Waals surface area contributed by atoms with Crippen LogP contribution in [0.5, 0.6) is 0 Å². The maximum absolute atomic E-state index is 13.3. The lowest BCUT2D eigenvalue weighted by Gasteiger charge is -2.40. The van der Waals surface area contributed by atoms with Gasteiger partial charge in [-0.1, -0.05) is 6.92 Å². The van der Waals surface area contributed by atoms with Crippen molar-refractivity contribution in [1.82, 2.24) is 15.0 Å². The van der Waals surface area contributed by atoms with Gasteiger partial charge in [0.1, 0.15) is 11.5 Å². The number of ketones is 1. The Bertz CT molecular complexity index is 1460. The van der Waals surface area contributed by atoms with Crippen molar-refractivity contribution in [2.75, 3.05) is 49.2 Å². The molecule has 6 rings (SSSR count). The molecule has 0 unspecified atom stereocenters. The van der Waals surface area contributed by atoms with E-state index < -0.39 is 6.10 Å². The summed E-state index contributed by atoms with van der Waals surface area (Å²) in [6.07, 6.45) is 5.03. The van der Waals surface area contributed by atoms with Crippen LogP contribution in [0, 0.1) is 5.92 Å². The van der Waals surface area contributed by atoms with Gasteiger partial charge in [0, 0.05) is 84.8 Å². The number of hydrogen-bond donors (Lipinski definition) is 2. The van der Waals surface area contributed by atoms with Gasteiger partial charge in [-0.3, -0.25) is 9.78 Å². The number of anilines is 2. The number of fused-ring (bicyclic) bond motifs is 1. The first-order chi connectivity index (χ1) is 19.0. The Morgan fingerprint density at radius 3 is 2.74 bits per heavy atom. The molecule has 0 aromatic carbocycles. The van der Waals surface area contributed by atoms with Crippen LogP contribution in [0.4, 0.5) is 11.5 Å². The Hall–Kier alpha value is -3.44. The van der Waals surface area contributed by atoms with E-state index in [-0.39, 0.29) is 24.2 Å². The molecule has 4 aromatic rings. The Balaban J connectivity index is 1.19. The number of aliphatic hydroxyl groups is 1. The summed E-state index contributed by atoms with van der Waals surface area (Å²) in [5.74, 6) is 0.930. The minimum atomic E-state index is -0.530. The standard InChI is InChI=1S/C29H32N6O3S/c1-18-16-35(17-21(30)29(18)37)24-6-7-31-14-20(24)12-25(36)22-3-4-26-23(33-22)13-27(39-26)19-2-5-28(32-15-19)34-8-10-38-11-9-34/h2-7,13-15,18,21,29,37H,8-12,16-17,30H2,1H3/t18-,21+,29+/m0/s1. The van der Waals surface area contributed by atoms with Crippen molar-refractivity contribution in [3.63, 3.8) is 0 Å². The number of thiophene rings is 1. The number of nitrogens with zero attached hydrogens (tertiary/aromatic N) is 5. The second kappa shape index (κ2) is 11.0. The van der Waals surface area contributed by atoms with Gasteiger partial charge in [0.15, 0.2) is 5.78 Å². The van der Waals surface area contributed by atoms with Crippen LogP contribution < -0.4 is 15.5 Å². The van der Waals surface area contributed by atoms with E-state index in [4.69, 9.17) is 15.5 Å². The number of carbonyl (C=O) groups excluding carboxylic acids is 1. The summed E-state index contributed by atoms with van der Waals surface area (Å²) in [4.78, 5) is 32.4. The number of piperidine rings is 1. The Kier molecular flexibility index (Phi) is 7.26. The molecule has 3 N–H and O–H groups in total. The van der Waals surface area contributed by atoms with Gasteiger partial charge in [0.2, 0.25) is 0 Å². The molecular formula is C29H32N6O3S. The number of pyridine rings is 3. The van der Waals surface area contributed by atoms with Crippen molar-refractivity contribution in [3.05, 3.63) is 66.2 Å². The zero-order chi connectivity index (χ0) is 26.9. The number of rotatable bonds is 6. The molecule has 10 heteroatoms. The van der Waals surface area contributed by atoms with Crippen LogP contribution in [0.2, 0.25) is 0 Å². The number of aromatic nitrogens is 3. The summed E-state index contributed by atoms with van der Waals surface area (Å²) in [7, 11) is 0. The maximum Gasteiger partial charge on any atom is 0.185 e. The Labute approximate surface area is 231 Å². The molecule has 0 saturated carbocycles. The van der Waals surface area contributed by atoms with E-state index >= 15 is 0 Å². The number of ether oxygens (including phenoxy) is 1. The van der Waals surface area contributed by atoms with Gasteiger partial charge >= 0.3 is 0 Å². The SMILES string of the molecule is C[C@H]1CN(c2ccncc2CC(=O)c2ccc3sc(-c4ccc(N5CCOCC5)nc4)cc3n2)C[C@@H](N)[C@@H]1O. The molecule has 0 spiro atoms. The van der Waals surface area contributed by atoms with Gasteiger partial charge < -0.3 is 25.4 Å². The number of morpholine rings is 1. The monoisotopic (exact) mass is 544 g/mol. The fourth-order valence-corrected chi connectivity index (χ4v) is 6.36. The minimum Gasteiger partial charge on any atom is -0.391 e. The van der Waals surface area contributed by atoms with E-state index in [0.717, 1.165) is 64.0 Å². The van der Waals surface area contributed by atoms with Crippen LogP contribution in [-0.2, 0) is 11.2 Å². The Morgan fingerprint density at radius 1 is 1.13 bits per heavy atom. The van der Waals surface area contributed by atoms with E-state index in [1.165, 1.54) is 0 Å². The zero-order valence-corrected chi connectivity index (χ0v) is 22.7. The molecule has 2 aliphatic rings. The third kappa shape index (κ3) is 5.38. The topological polar surface area (TPSA) is 118 Å². The molecule has 0 radical (unpaired) electrons. The predicted octanol–water partition coefficient (Wildman–Crippen LogP) is 3.16. The van der Waals surface area contributed by atoms with Crippen LogP contribution >= 0.6 is 11.3 Å². The summed E-state index contributed by atoms with van der Waals surface area (Å²) >= 11 is 1.64. The third-order valence-corrected chi connectivity index (χ3v) is 8.70. The number of Topliss-reactive ketones (excluding diaryl/α,β-unsaturated/α-hetero) is 1. The summed E-state index contributed by atoms with van der Waals surface area (Å²) in [6.45, 7) is 6.35. The highest BCUT2D eigenvalue weighted by molar-refractivity contribution is 7.22. The van der Waals surface area contributed by atoms with Crippen LogP contribution in [0.15, 0.2) is 55.0 Å². The molecule has 9 nitrogen and oxygen atoms in total. The number of aliphatic hydroxyl groups excluding tert-OH is 1. The van der Waals surface area contributed by atoms with Crippen LogP contribution in [0.1, 0.15) is 23.0 Å². The van der Waals surface area contributed by atoms with Crippen molar-refractivity contribution < 1.29 is 14.6 Å². The van der Waals surface area contributed by atoms with Crippen LogP contribution in [0.3, 0.4) is 0 Å². The third-order valence-electron chi connectivity index (χ3n) is 7.56. The number of nitrogens with two attached hydrogens (primary N) is 1. The molecule has 2 aliphatic heterocycles. The van der Waals surface area contributed by atoms with E-state index in [1.54, 1.807) is 29.8 Å². The van der Waals surface area contributed by atoms with Gasteiger partial charge in [-0.25, -0.2) is 9.97 Å². The highest BCUT2D eigenvalue weighted by Crippen LogP contribution is 2.33. The summed E-state index contributed by atoms with van der Waals surface area (Å²) < 4.78 is 6.46. The smallest absolute Gasteiger partial charge is 0.185 e. The highest BCUT2D eigenvalue weighted by Gasteiger charge is 2.32. The first-order valence-electron chi connectivity index (χ1n) is 13.3. The summed E-state index contributed by atoms with van der Waals surface area (Å²) in [5.41, 5.74) is 10.2. The molecule has 0 aliphatic carbocycles. The first kappa shape index (κ1) is 25.8. The van der Waals surface area contributed by atoms with E-state index in [0.29, 0.717) is 18.8 Å². The molecule has 2 fully saturated rings. The van der Waals surface area contributed by atoms with Gasteiger partial charge in [-0.15, -0.1) is 11.3 Å². The predicted molar refractivity (Wildman–Crippen MR) is 154 cm³/mol. The molecule has 3 atom stereocenters. The number of hydrogen-bond acceptors (Lipinski definition) is 10. The highest BCUT2D eigenvalue weighted by atomic mass is 32.1. The van der Waals surface area contributed by atoms with Gasteiger partial charge in [-0.05, 0) is 36.4 Å². The molecule has 202 valence electrons. The van der Waals surface area contributed by atoms with Crippen LogP contribution in [0.25, 0.3) is 20.7 Å². The largest absolute Gasteiger partial charge is 0.391 e. The van der Waals surface area contributed by atoms with E-state index in [1.807, 2.05) is 31.3 Å². The maximum atomic E-state index is 13.3. The fourth-order valence-electron chi connectivity index (χ4n) is 5.37. The van der Waals surface area contributed by atoms with E-state index in [9.17, 15) is 9.90 Å². The van der Waals surface area contributed by atoms with Crippen molar-refractivity contribution in [2.24, 2.45) is 11.7 Å². The van der Waals surface area contributed by atoms with Crippen molar-refractivity contribution in [3.8, 4) is 10.4 Å².